The van der Waals surface area contributed by atoms with Crippen molar-refractivity contribution in [3.63, 3.8) is 0 Å². The molecule has 0 radical (unpaired) electrons. The van der Waals surface area contributed by atoms with Crippen molar-refractivity contribution in [3.05, 3.63) is 71.3 Å². The van der Waals surface area contributed by atoms with Gasteiger partial charge in [-0.2, -0.15) is 0 Å². The number of nitrogens with one attached hydrogen (secondary N) is 1. The van der Waals surface area contributed by atoms with Gasteiger partial charge in [-0.1, -0.05) is 54.6 Å². The van der Waals surface area contributed by atoms with Gasteiger partial charge in [0, 0.05) is 26.2 Å². The number of rotatable bonds is 12. The molecular weight excluding hydrogens is 326 g/mol. The van der Waals surface area contributed by atoms with Gasteiger partial charge in [0.2, 0.25) is 5.91 Å². The van der Waals surface area contributed by atoms with Crippen molar-refractivity contribution in [3.8, 4) is 0 Å². The molecule has 26 heavy (non-hydrogen) atoms. The van der Waals surface area contributed by atoms with Crippen LogP contribution in [0.4, 0.5) is 0 Å². The van der Waals surface area contributed by atoms with Crippen LogP contribution in [0.3, 0.4) is 0 Å². The van der Waals surface area contributed by atoms with Crippen molar-refractivity contribution >= 4 is 5.91 Å². The second-order valence-corrected chi connectivity index (χ2v) is 6.18. The Kier molecular flexibility index (Phi) is 9.47. The normalized spacial score (nSPS) is 10.7. The van der Waals surface area contributed by atoms with E-state index < -0.39 is 0 Å². The fraction of sp³-hybridized carbons (Fsp3) is 0.409. The van der Waals surface area contributed by atoms with E-state index in [1.165, 1.54) is 5.56 Å². The van der Waals surface area contributed by atoms with E-state index in [2.05, 4.69) is 17.4 Å². The lowest BCUT2D eigenvalue weighted by Gasteiger charge is -2.07. The van der Waals surface area contributed by atoms with E-state index in [0.29, 0.717) is 39.4 Å². The third kappa shape index (κ3) is 8.28. The molecule has 0 aromatic heterocycles. The number of carbonyl (C=O) groups is 1. The Balaban J connectivity index is 1.52. The van der Waals surface area contributed by atoms with Crippen LogP contribution in [0.1, 0.15) is 36.5 Å². The second-order valence-electron chi connectivity index (χ2n) is 6.18. The van der Waals surface area contributed by atoms with Crippen molar-refractivity contribution in [1.82, 2.24) is 5.32 Å². The van der Waals surface area contributed by atoms with E-state index in [1.807, 2.05) is 49.4 Å². The van der Waals surface area contributed by atoms with Crippen molar-refractivity contribution in [1.29, 1.82) is 0 Å². The predicted molar refractivity (Wildman–Crippen MR) is 104 cm³/mol. The molecule has 0 heterocycles. The Labute approximate surface area is 156 Å². The highest BCUT2D eigenvalue weighted by Crippen LogP contribution is 2.06. The minimum atomic E-state index is 0.0649. The number of amides is 1. The minimum Gasteiger partial charge on any atom is -0.381 e. The van der Waals surface area contributed by atoms with Crippen LogP contribution in [-0.2, 0) is 33.8 Å². The van der Waals surface area contributed by atoms with Crippen LogP contribution in [-0.4, -0.2) is 25.7 Å². The average molecular weight is 355 g/mol. The molecule has 1 amide bonds. The quantitative estimate of drug-likeness (QED) is 0.588. The lowest BCUT2D eigenvalue weighted by atomic mass is 10.1. The molecule has 4 nitrogen and oxygen atoms in total. The molecule has 2 aromatic rings. The highest BCUT2D eigenvalue weighted by atomic mass is 16.5. The summed E-state index contributed by atoms with van der Waals surface area (Å²) in [7, 11) is 0. The Bertz CT molecular complexity index is 626. The molecule has 0 aliphatic carbocycles. The lowest BCUT2D eigenvalue weighted by molar-refractivity contribution is -0.121. The molecule has 0 saturated heterocycles. The Morgan fingerprint density at radius 1 is 0.885 bits per heavy atom. The summed E-state index contributed by atoms with van der Waals surface area (Å²) in [6.07, 6.45) is 2.15. The zero-order chi connectivity index (χ0) is 18.5. The summed E-state index contributed by atoms with van der Waals surface area (Å²) in [5.41, 5.74) is 3.52. The highest BCUT2D eigenvalue weighted by molar-refractivity contribution is 5.75. The highest BCUT2D eigenvalue weighted by Gasteiger charge is 2.02. The zero-order valence-electron chi connectivity index (χ0n) is 15.6. The van der Waals surface area contributed by atoms with Crippen molar-refractivity contribution in [2.24, 2.45) is 0 Å². The number of ether oxygens (including phenoxy) is 2. The van der Waals surface area contributed by atoms with Gasteiger partial charge in [0.1, 0.15) is 0 Å². The molecule has 140 valence electrons. The molecule has 4 heteroatoms. The summed E-state index contributed by atoms with van der Waals surface area (Å²) in [5.74, 6) is 0.0649. The third-order valence-electron chi connectivity index (χ3n) is 4.06. The van der Waals surface area contributed by atoms with Crippen molar-refractivity contribution < 1.29 is 14.3 Å². The molecule has 1 N–H and O–H groups in total. The van der Waals surface area contributed by atoms with E-state index in [-0.39, 0.29) is 5.91 Å². The Morgan fingerprint density at radius 2 is 1.62 bits per heavy atom. The molecule has 0 fully saturated rings. The van der Waals surface area contributed by atoms with Crippen molar-refractivity contribution in [2.75, 3.05) is 19.8 Å². The topological polar surface area (TPSA) is 47.6 Å². The summed E-state index contributed by atoms with van der Waals surface area (Å²) < 4.78 is 11.0. The van der Waals surface area contributed by atoms with E-state index in [0.717, 1.165) is 24.0 Å². The summed E-state index contributed by atoms with van der Waals surface area (Å²) in [6, 6.07) is 18.4. The second kappa shape index (κ2) is 12.2. The summed E-state index contributed by atoms with van der Waals surface area (Å²) in [4.78, 5) is 11.9. The van der Waals surface area contributed by atoms with Crippen molar-refractivity contribution in [2.45, 2.75) is 39.3 Å². The molecule has 2 aromatic carbocycles. The molecule has 2 rings (SSSR count). The van der Waals surface area contributed by atoms with Gasteiger partial charge in [-0.25, -0.2) is 0 Å². The summed E-state index contributed by atoms with van der Waals surface area (Å²) in [5, 5.41) is 2.95. The SMILES string of the molecule is CCOCc1ccc(CNC(=O)CCCOCCc2ccccc2)cc1. The first-order chi connectivity index (χ1) is 12.8. The van der Waals surface area contributed by atoms with Crippen LogP contribution in [0.2, 0.25) is 0 Å². The van der Waals surface area contributed by atoms with Gasteiger partial charge < -0.3 is 14.8 Å². The molecule has 0 spiro atoms. The molecule has 0 saturated carbocycles. The maximum absolute atomic E-state index is 11.9. The average Bonchev–Trinajstić information content (AvgIpc) is 2.69. The van der Waals surface area contributed by atoms with Crippen LogP contribution in [0.15, 0.2) is 54.6 Å². The summed E-state index contributed by atoms with van der Waals surface area (Å²) >= 11 is 0. The van der Waals surface area contributed by atoms with E-state index in [4.69, 9.17) is 9.47 Å². The molecule has 0 unspecified atom stereocenters. The molecular formula is C22H29NO3. The van der Waals surface area contributed by atoms with Gasteiger partial charge in [0.05, 0.1) is 13.2 Å². The maximum Gasteiger partial charge on any atom is 0.220 e. The van der Waals surface area contributed by atoms with Gasteiger partial charge in [-0.05, 0) is 36.5 Å². The van der Waals surface area contributed by atoms with Gasteiger partial charge in [0.15, 0.2) is 0 Å². The zero-order valence-corrected chi connectivity index (χ0v) is 15.6. The Morgan fingerprint density at radius 3 is 2.35 bits per heavy atom. The Hall–Kier alpha value is -2.17. The smallest absolute Gasteiger partial charge is 0.220 e. The fourth-order valence-corrected chi connectivity index (χ4v) is 2.53. The third-order valence-corrected chi connectivity index (χ3v) is 4.06. The number of hydrogen-bond donors (Lipinski definition) is 1. The van der Waals surface area contributed by atoms with Gasteiger partial charge in [0.25, 0.3) is 0 Å². The summed E-state index contributed by atoms with van der Waals surface area (Å²) in [6.45, 7) is 5.20. The van der Waals surface area contributed by atoms with E-state index >= 15 is 0 Å². The fourth-order valence-electron chi connectivity index (χ4n) is 2.53. The van der Waals surface area contributed by atoms with Crippen LogP contribution in [0, 0.1) is 0 Å². The molecule has 0 atom stereocenters. The van der Waals surface area contributed by atoms with Gasteiger partial charge in [-0.15, -0.1) is 0 Å². The van der Waals surface area contributed by atoms with Gasteiger partial charge in [-0.3, -0.25) is 4.79 Å². The molecule has 0 aliphatic rings. The predicted octanol–water partition coefficient (Wildman–Crippen LogP) is 3.88. The van der Waals surface area contributed by atoms with Gasteiger partial charge >= 0.3 is 0 Å². The molecule has 0 aliphatic heterocycles. The van der Waals surface area contributed by atoms with Crippen LogP contribution >= 0.6 is 0 Å². The van der Waals surface area contributed by atoms with Crippen LogP contribution in [0.5, 0.6) is 0 Å². The monoisotopic (exact) mass is 355 g/mol. The van der Waals surface area contributed by atoms with Crippen LogP contribution < -0.4 is 5.32 Å². The molecule has 0 bridgehead atoms. The van der Waals surface area contributed by atoms with E-state index in [9.17, 15) is 4.79 Å². The van der Waals surface area contributed by atoms with Crippen LogP contribution in [0.25, 0.3) is 0 Å². The largest absolute Gasteiger partial charge is 0.381 e. The van der Waals surface area contributed by atoms with E-state index in [1.54, 1.807) is 0 Å². The number of hydrogen-bond acceptors (Lipinski definition) is 3. The first-order valence-corrected chi connectivity index (χ1v) is 9.32. The first-order valence-electron chi connectivity index (χ1n) is 9.32. The standard InChI is InChI=1S/C22H29NO3/c1-2-25-18-21-12-10-20(11-13-21)17-23-22(24)9-6-15-26-16-14-19-7-4-3-5-8-19/h3-5,7-8,10-13H,2,6,9,14-18H2,1H3,(H,23,24). The first kappa shape index (κ1) is 20.1. The lowest BCUT2D eigenvalue weighted by Crippen LogP contribution is -2.22. The minimum absolute atomic E-state index is 0.0649. The number of carbonyl (C=O) groups excluding carboxylic acids is 1. The number of benzene rings is 2. The maximum atomic E-state index is 11.9.